The molecule has 0 aliphatic carbocycles. The molecule has 0 aliphatic rings. The predicted molar refractivity (Wildman–Crippen MR) is 69.5 cm³/mol. The van der Waals surface area contributed by atoms with Crippen molar-refractivity contribution in [2.45, 2.75) is 19.6 Å². The van der Waals surface area contributed by atoms with Gasteiger partial charge in [0.1, 0.15) is 18.1 Å². The second kappa shape index (κ2) is 5.56. The van der Waals surface area contributed by atoms with E-state index in [0.717, 1.165) is 11.1 Å². The zero-order valence-electron chi connectivity index (χ0n) is 10.2. The van der Waals surface area contributed by atoms with E-state index < -0.39 is 6.10 Å². The first-order valence-corrected chi connectivity index (χ1v) is 5.84. The smallest absolute Gasteiger partial charge is 0.125 e. The summed E-state index contributed by atoms with van der Waals surface area (Å²) in [5.41, 5.74) is 1.74. The van der Waals surface area contributed by atoms with E-state index in [1.165, 1.54) is 0 Å². The molecule has 2 rings (SSSR count). The number of hydrogen-bond acceptors (Lipinski definition) is 3. The van der Waals surface area contributed by atoms with Crippen LogP contribution in [-0.2, 0) is 6.61 Å². The number of benzene rings is 2. The summed E-state index contributed by atoms with van der Waals surface area (Å²) >= 11 is 0. The van der Waals surface area contributed by atoms with Crippen LogP contribution >= 0.6 is 0 Å². The maximum absolute atomic E-state index is 9.63. The zero-order chi connectivity index (χ0) is 13.0. The third kappa shape index (κ3) is 3.02. The van der Waals surface area contributed by atoms with Gasteiger partial charge in [0.2, 0.25) is 0 Å². The lowest BCUT2D eigenvalue weighted by molar-refractivity contribution is 0.190. The highest BCUT2D eigenvalue weighted by Crippen LogP contribution is 2.25. The highest BCUT2D eigenvalue weighted by molar-refractivity contribution is 5.35. The Morgan fingerprint density at radius 2 is 1.72 bits per heavy atom. The van der Waals surface area contributed by atoms with E-state index >= 15 is 0 Å². The average molecular weight is 244 g/mol. The van der Waals surface area contributed by atoms with Gasteiger partial charge in [-0.1, -0.05) is 30.3 Å². The Labute approximate surface area is 106 Å². The van der Waals surface area contributed by atoms with Gasteiger partial charge in [0, 0.05) is 5.56 Å². The van der Waals surface area contributed by atoms with Crippen LogP contribution in [0.15, 0.2) is 48.5 Å². The SMILES string of the molecule is C[C@@H](O)c1ccccc1OCc1ccc(O)cc1. The van der Waals surface area contributed by atoms with Gasteiger partial charge >= 0.3 is 0 Å². The molecule has 2 aromatic rings. The Balaban J connectivity index is 2.08. The second-order valence-corrected chi connectivity index (χ2v) is 4.17. The molecule has 0 radical (unpaired) electrons. The molecule has 94 valence electrons. The van der Waals surface area contributed by atoms with Crippen molar-refractivity contribution in [3.05, 3.63) is 59.7 Å². The van der Waals surface area contributed by atoms with Gasteiger partial charge in [-0.3, -0.25) is 0 Å². The summed E-state index contributed by atoms with van der Waals surface area (Å²) in [5.74, 6) is 0.920. The number of hydrogen-bond donors (Lipinski definition) is 2. The molecule has 0 unspecified atom stereocenters. The Hall–Kier alpha value is -2.00. The van der Waals surface area contributed by atoms with Crippen molar-refractivity contribution in [1.82, 2.24) is 0 Å². The van der Waals surface area contributed by atoms with Crippen LogP contribution in [0.5, 0.6) is 11.5 Å². The highest BCUT2D eigenvalue weighted by atomic mass is 16.5. The molecule has 0 heterocycles. The van der Waals surface area contributed by atoms with Crippen LogP contribution < -0.4 is 4.74 Å². The van der Waals surface area contributed by atoms with Crippen molar-refractivity contribution in [2.24, 2.45) is 0 Å². The molecule has 0 spiro atoms. The van der Waals surface area contributed by atoms with Gasteiger partial charge in [0.05, 0.1) is 6.10 Å². The van der Waals surface area contributed by atoms with Gasteiger partial charge < -0.3 is 14.9 Å². The maximum Gasteiger partial charge on any atom is 0.125 e. The van der Waals surface area contributed by atoms with Crippen LogP contribution in [0.3, 0.4) is 0 Å². The molecule has 0 saturated heterocycles. The van der Waals surface area contributed by atoms with E-state index in [0.29, 0.717) is 12.4 Å². The monoisotopic (exact) mass is 244 g/mol. The summed E-state index contributed by atoms with van der Waals surface area (Å²) < 4.78 is 5.68. The lowest BCUT2D eigenvalue weighted by atomic mass is 10.1. The summed E-state index contributed by atoms with van der Waals surface area (Å²) in [6.07, 6.45) is -0.555. The summed E-state index contributed by atoms with van der Waals surface area (Å²) in [7, 11) is 0. The number of aliphatic hydroxyl groups is 1. The first kappa shape index (κ1) is 12.5. The minimum absolute atomic E-state index is 0.239. The molecule has 0 amide bonds. The maximum atomic E-state index is 9.63. The lowest BCUT2D eigenvalue weighted by Crippen LogP contribution is -2.00. The van der Waals surface area contributed by atoms with Crippen LogP contribution in [0.1, 0.15) is 24.2 Å². The molecule has 2 N–H and O–H groups in total. The minimum atomic E-state index is -0.555. The molecular weight excluding hydrogens is 228 g/mol. The van der Waals surface area contributed by atoms with Crippen LogP contribution in [0.4, 0.5) is 0 Å². The van der Waals surface area contributed by atoms with E-state index in [9.17, 15) is 10.2 Å². The fourth-order valence-electron chi connectivity index (χ4n) is 1.71. The molecule has 3 nitrogen and oxygen atoms in total. The molecule has 18 heavy (non-hydrogen) atoms. The molecule has 2 aromatic carbocycles. The van der Waals surface area contributed by atoms with Gasteiger partial charge in [-0.2, -0.15) is 0 Å². The Kier molecular flexibility index (Phi) is 3.85. The highest BCUT2D eigenvalue weighted by Gasteiger charge is 2.08. The Morgan fingerprint density at radius 3 is 2.39 bits per heavy atom. The van der Waals surface area contributed by atoms with Gasteiger partial charge in [-0.05, 0) is 30.7 Å². The summed E-state index contributed by atoms with van der Waals surface area (Å²) in [6.45, 7) is 2.12. The van der Waals surface area contributed by atoms with Crippen LogP contribution in [0, 0.1) is 0 Å². The van der Waals surface area contributed by atoms with Gasteiger partial charge in [0.25, 0.3) is 0 Å². The quantitative estimate of drug-likeness (QED) is 0.869. The van der Waals surface area contributed by atoms with Crippen molar-refractivity contribution >= 4 is 0 Å². The molecular formula is C15H16O3. The van der Waals surface area contributed by atoms with Crippen LogP contribution in [0.2, 0.25) is 0 Å². The Morgan fingerprint density at radius 1 is 1.06 bits per heavy atom. The zero-order valence-corrected chi connectivity index (χ0v) is 10.2. The van der Waals surface area contributed by atoms with Crippen LogP contribution in [-0.4, -0.2) is 10.2 Å². The van der Waals surface area contributed by atoms with E-state index in [-0.39, 0.29) is 5.75 Å². The lowest BCUT2D eigenvalue weighted by Gasteiger charge is -2.13. The summed E-state index contributed by atoms with van der Waals surface area (Å²) in [4.78, 5) is 0. The molecule has 0 bridgehead atoms. The van der Waals surface area contributed by atoms with E-state index in [2.05, 4.69) is 0 Å². The van der Waals surface area contributed by atoms with Gasteiger partial charge in [0.15, 0.2) is 0 Å². The largest absolute Gasteiger partial charge is 0.508 e. The fraction of sp³-hybridized carbons (Fsp3) is 0.200. The van der Waals surface area contributed by atoms with Crippen molar-refractivity contribution in [2.75, 3.05) is 0 Å². The fourth-order valence-corrected chi connectivity index (χ4v) is 1.71. The van der Waals surface area contributed by atoms with Gasteiger partial charge in [-0.25, -0.2) is 0 Å². The molecule has 0 aromatic heterocycles. The molecule has 3 heteroatoms. The van der Waals surface area contributed by atoms with Crippen LogP contribution in [0.25, 0.3) is 0 Å². The summed E-state index contributed by atoms with van der Waals surface area (Å²) in [6, 6.07) is 14.3. The van der Waals surface area contributed by atoms with Gasteiger partial charge in [-0.15, -0.1) is 0 Å². The van der Waals surface area contributed by atoms with Crippen molar-refractivity contribution in [1.29, 1.82) is 0 Å². The standard InChI is InChI=1S/C15H16O3/c1-11(16)14-4-2-3-5-15(14)18-10-12-6-8-13(17)9-7-12/h2-9,11,16-17H,10H2,1H3/t11-/m1/s1. The third-order valence-electron chi connectivity index (χ3n) is 2.70. The second-order valence-electron chi connectivity index (χ2n) is 4.17. The van der Waals surface area contributed by atoms with E-state index in [1.807, 2.05) is 24.3 Å². The van der Waals surface area contributed by atoms with E-state index in [4.69, 9.17) is 4.74 Å². The normalized spacial score (nSPS) is 12.1. The third-order valence-corrected chi connectivity index (χ3v) is 2.70. The number of phenols is 1. The van der Waals surface area contributed by atoms with Crippen molar-refractivity contribution < 1.29 is 14.9 Å². The van der Waals surface area contributed by atoms with E-state index in [1.54, 1.807) is 31.2 Å². The number of rotatable bonds is 4. The molecule has 0 fully saturated rings. The first-order valence-electron chi connectivity index (χ1n) is 5.84. The molecule has 0 aliphatic heterocycles. The number of aliphatic hydroxyl groups excluding tert-OH is 1. The number of para-hydroxylation sites is 1. The number of phenolic OH excluding ortho intramolecular Hbond substituents is 1. The van der Waals surface area contributed by atoms with Crippen molar-refractivity contribution in [3.63, 3.8) is 0 Å². The first-order chi connectivity index (χ1) is 8.66. The average Bonchev–Trinajstić information content (AvgIpc) is 2.38. The minimum Gasteiger partial charge on any atom is -0.508 e. The molecule has 1 atom stereocenters. The number of ether oxygens (including phenoxy) is 1. The predicted octanol–water partition coefficient (Wildman–Crippen LogP) is 3.02. The number of aromatic hydroxyl groups is 1. The topological polar surface area (TPSA) is 49.7 Å². The summed E-state index contributed by atoms with van der Waals surface area (Å²) in [5, 5.41) is 18.8. The molecule has 0 saturated carbocycles. The van der Waals surface area contributed by atoms with Crippen molar-refractivity contribution in [3.8, 4) is 11.5 Å². The Bertz CT molecular complexity index is 503.